The van der Waals surface area contributed by atoms with Crippen molar-refractivity contribution < 1.29 is 9.47 Å². The van der Waals surface area contributed by atoms with Gasteiger partial charge in [0.15, 0.2) is 0 Å². The first kappa shape index (κ1) is 14.2. The van der Waals surface area contributed by atoms with Gasteiger partial charge in [0.1, 0.15) is 17.1 Å². The lowest BCUT2D eigenvalue weighted by molar-refractivity contribution is 0.0657. The summed E-state index contributed by atoms with van der Waals surface area (Å²) in [6, 6.07) is 6.49. The summed E-state index contributed by atoms with van der Waals surface area (Å²) in [7, 11) is 1.69. The number of fused-ring (bicyclic) bond motifs is 1. The molecule has 1 heterocycles. The van der Waals surface area contributed by atoms with E-state index < -0.39 is 0 Å². The number of nitrogens with one attached hydrogen (secondary N) is 1. The van der Waals surface area contributed by atoms with Crippen LogP contribution < -0.4 is 14.8 Å². The molecule has 1 unspecified atom stereocenters. The van der Waals surface area contributed by atoms with Gasteiger partial charge in [0, 0.05) is 24.1 Å². The maximum absolute atomic E-state index is 6.08. The highest BCUT2D eigenvalue weighted by atomic mass is 16.5. The molecule has 1 atom stereocenters. The third-order valence-corrected chi connectivity index (χ3v) is 3.60. The predicted molar refractivity (Wildman–Crippen MR) is 78.0 cm³/mol. The van der Waals surface area contributed by atoms with E-state index in [1.54, 1.807) is 7.11 Å². The normalized spacial score (nSPS) is 20.5. The van der Waals surface area contributed by atoms with Crippen molar-refractivity contribution in [3.05, 3.63) is 23.8 Å². The first-order valence-electron chi connectivity index (χ1n) is 7.16. The van der Waals surface area contributed by atoms with Gasteiger partial charge in [-0.25, -0.2) is 0 Å². The summed E-state index contributed by atoms with van der Waals surface area (Å²) in [5, 5.41) is 3.65. The maximum Gasteiger partial charge on any atom is 0.128 e. The van der Waals surface area contributed by atoms with Gasteiger partial charge < -0.3 is 14.8 Å². The lowest BCUT2D eigenvalue weighted by Crippen LogP contribution is -2.39. The zero-order valence-corrected chi connectivity index (χ0v) is 12.5. The molecule has 1 N–H and O–H groups in total. The summed E-state index contributed by atoms with van der Waals surface area (Å²) in [4.78, 5) is 0. The largest absolute Gasteiger partial charge is 0.497 e. The van der Waals surface area contributed by atoms with Crippen LogP contribution in [0.25, 0.3) is 0 Å². The Morgan fingerprint density at radius 1 is 1.42 bits per heavy atom. The summed E-state index contributed by atoms with van der Waals surface area (Å²) in [6.45, 7) is 7.56. The molecule has 3 nitrogen and oxygen atoms in total. The molecule has 1 aromatic carbocycles. The molecule has 3 heteroatoms. The van der Waals surface area contributed by atoms with Crippen molar-refractivity contribution in [1.82, 2.24) is 5.32 Å². The molecule has 0 amide bonds. The quantitative estimate of drug-likeness (QED) is 0.822. The fourth-order valence-electron chi connectivity index (χ4n) is 2.59. The van der Waals surface area contributed by atoms with E-state index in [9.17, 15) is 0 Å². The Morgan fingerprint density at radius 3 is 2.89 bits per heavy atom. The van der Waals surface area contributed by atoms with Crippen LogP contribution in [0.3, 0.4) is 0 Å². The molecule has 0 spiro atoms. The third kappa shape index (κ3) is 3.41. The Hall–Kier alpha value is -1.22. The zero-order chi connectivity index (χ0) is 13.9. The van der Waals surface area contributed by atoms with E-state index in [-0.39, 0.29) is 5.60 Å². The van der Waals surface area contributed by atoms with Crippen LogP contribution in [0.15, 0.2) is 18.2 Å². The minimum Gasteiger partial charge on any atom is -0.497 e. The molecule has 0 aliphatic carbocycles. The Morgan fingerprint density at radius 2 is 2.21 bits per heavy atom. The molecule has 19 heavy (non-hydrogen) atoms. The highest BCUT2D eigenvalue weighted by Gasteiger charge is 2.33. The highest BCUT2D eigenvalue weighted by Crippen LogP contribution is 2.41. The summed E-state index contributed by atoms with van der Waals surface area (Å²) in [5.41, 5.74) is 1.11. The average Bonchev–Trinajstić information content (AvgIpc) is 2.36. The Balaban J connectivity index is 2.22. The molecule has 0 radical (unpaired) electrons. The lowest BCUT2D eigenvalue weighted by Gasteiger charge is -2.38. The molecule has 0 saturated heterocycles. The van der Waals surface area contributed by atoms with Gasteiger partial charge in [-0.05, 0) is 32.9 Å². The molecule has 0 fully saturated rings. The summed E-state index contributed by atoms with van der Waals surface area (Å²) >= 11 is 0. The maximum atomic E-state index is 6.08. The average molecular weight is 263 g/mol. The van der Waals surface area contributed by atoms with Crippen LogP contribution in [0.2, 0.25) is 0 Å². The number of ether oxygens (including phenoxy) is 2. The standard InChI is InChI=1S/C16H25NO2/c1-5-6-9-17-14-11-16(2,3)19-15-10-12(18-4)7-8-13(14)15/h7-8,10,14,17H,5-6,9,11H2,1-4H3. The monoisotopic (exact) mass is 263 g/mol. The molecule has 2 rings (SSSR count). The molecule has 106 valence electrons. The lowest BCUT2D eigenvalue weighted by atomic mass is 9.89. The van der Waals surface area contributed by atoms with E-state index in [1.165, 1.54) is 18.4 Å². The number of benzene rings is 1. The van der Waals surface area contributed by atoms with Gasteiger partial charge in [-0.2, -0.15) is 0 Å². The predicted octanol–water partition coefficient (Wildman–Crippen LogP) is 3.69. The molecule has 1 aliphatic heterocycles. The Kier molecular flexibility index (Phi) is 4.35. The zero-order valence-electron chi connectivity index (χ0n) is 12.5. The minimum atomic E-state index is -0.136. The van der Waals surface area contributed by atoms with E-state index in [2.05, 4.69) is 32.2 Å². The second kappa shape index (κ2) is 5.83. The molecular formula is C16H25NO2. The van der Waals surface area contributed by atoms with Crippen LogP contribution in [0.4, 0.5) is 0 Å². The Bertz CT molecular complexity index is 429. The van der Waals surface area contributed by atoms with Crippen LogP contribution in [0, 0.1) is 0 Å². The van der Waals surface area contributed by atoms with Crippen molar-refractivity contribution in [2.75, 3.05) is 13.7 Å². The van der Waals surface area contributed by atoms with Crippen LogP contribution in [0.1, 0.15) is 51.6 Å². The molecular weight excluding hydrogens is 238 g/mol. The van der Waals surface area contributed by atoms with Crippen molar-refractivity contribution in [3.63, 3.8) is 0 Å². The summed E-state index contributed by atoms with van der Waals surface area (Å²) < 4.78 is 11.4. The van der Waals surface area contributed by atoms with Crippen molar-refractivity contribution in [3.8, 4) is 11.5 Å². The van der Waals surface area contributed by atoms with Crippen LogP contribution in [0.5, 0.6) is 11.5 Å². The van der Waals surface area contributed by atoms with E-state index in [1.807, 2.05) is 12.1 Å². The van der Waals surface area contributed by atoms with E-state index in [0.29, 0.717) is 6.04 Å². The summed E-state index contributed by atoms with van der Waals surface area (Å²) in [5.74, 6) is 1.80. The number of methoxy groups -OCH3 is 1. The van der Waals surface area contributed by atoms with Crippen molar-refractivity contribution in [2.24, 2.45) is 0 Å². The van der Waals surface area contributed by atoms with E-state index in [4.69, 9.17) is 9.47 Å². The molecule has 0 bridgehead atoms. The van der Waals surface area contributed by atoms with Gasteiger partial charge in [-0.3, -0.25) is 0 Å². The van der Waals surface area contributed by atoms with Crippen LogP contribution in [-0.4, -0.2) is 19.3 Å². The fraction of sp³-hybridized carbons (Fsp3) is 0.625. The topological polar surface area (TPSA) is 30.5 Å². The van der Waals surface area contributed by atoms with Gasteiger partial charge in [-0.15, -0.1) is 0 Å². The number of hydrogen-bond acceptors (Lipinski definition) is 3. The molecule has 0 aromatic heterocycles. The van der Waals surface area contributed by atoms with Crippen molar-refractivity contribution in [1.29, 1.82) is 0 Å². The van der Waals surface area contributed by atoms with E-state index >= 15 is 0 Å². The number of unbranched alkanes of at least 4 members (excludes halogenated alkanes) is 1. The minimum absolute atomic E-state index is 0.136. The highest BCUT2D eigenvalue weighted by molar-refractivity contribution is 5.44. The van der Waals surface area contributed by atoms with Gasteiger partial charge in [0.2, 0.25) is 0 Å². The first-order valence-corrected chi connectivity index (χ1v) is 7.16. The van der Waals surface area contributed by atoms with Crippen LogP contribution >= 0.6 is 0 Å². The number of rotatable bonds is 5. The smallest absolute Gasteiger partial charge is 0.128 e. The third-order valence-electron chi connectivity index (χ3n) is 3.60. The van der Waals surface area contributed by atoms with Gasteiger partial charge in [0.05, 0.1) is 7.11 Å². The first-order chi connectivity index (χ1) is 9.05. The van der Waals surface area contributed by atoms with Crippen molar-refractivity contribution in [2.45, 2.75) is 51.7 Å². The molecule has 0 saturated carbocycles. The van der Waals surface area contributed by atoms with Gasteiger partial charge in [0.25, 0.3) is 0 Å². The van der Waals surface area contributed by atoms with Gasteiger partial charge >= 0.3 is 0 Å². The Labute approximate surface area is 116 Å². The SMILES string of the molecule is CCCCNC1CC(C)(C)Oc2cc(OC)ccc21. The van der Waals surface area contributed by atoms with Crippen LogP contribution in [-0.2, 0) is 0 Å². The second-order valence-electron chi connectivity index (χ2n) is 5.83. The number of hydrogen-bond donors (Lipinski definition) is 1. The van der Waals surface area contributed by atoms with E-state index in [0.717, 1.165) is 24.5 Å². The van der Waals surface area contributed by atoms with Gasteiger partial charge in [-0.1, -0.05) is 19.4 Å². The molecule has 1 aromatic rings. The van der Waals surface area contributed by atoms with Crippen molar-refractivity contribution >= 4 is 0 Å². The second-order valence-corrected chi connectivity index (χ2v) is 5.83. The fourth-order valence-corrected chi connectivity index (χ4v) is 2.59. The molecule has 1 aliphatic rings. The summed E-state index contributed by atoms with van der Waals surface area (Å²) in [6.07, 6.45) is 3.42.